The molecule has 2 rings (SSSR count). The summed E-state index contributed by atoms with van der Waals surface area (Å²) in [6, 6.07) is 0.992. The Labute approximate surface area is 116 Å². The zero-order chi connectivity index (χ0) is 13.8. The summed E-state index contributed by atoms with van der Waals surface area (Å²) >= 11 is 0. The van der Waals surface area contributed by atoms with Crippen LogP contribution in [-0.2, 0) is 4.74 Å². The van der Waals surface area contributed by atoms with E-state index in [4.69, 9.17) is 4.74 Å². The van der Waals surface area contributed by atoms with Crippen LogP contribution in [0.4, 0.5) is 4.79 Å². The van der Waals surface area contributed by atoms with Gasteiger partial charge < -0.3 is 10.1 Å². The molecule has 4 atom stereocenters. The number of carbonyl (C=O) groups excluding carboxylic acids is 1. The third-order valence-electron chi connectivity index (χ3n) is 4.78. The monoisotopic (exact) mass is 268 g/mol. The van der Waals surface area contributed by atoms with Crippen LogP contribution in [0.15, 0.2) is 0 Å². The SMILES string of the molecule is CCOC(=O)NC1CC(CC)CN(C2CCC2C)C1. The van der Waals surface area contributed by atoms with E-state index in [2.05, 4.69) is 24.1 Å². The number of rotatable bonds is 4. The predicted octanol–water partition coefficient (Wildman–Crippen LogP) is 2.63. The highest BCUT2D eigenvalue weighted by atomic mass is 16.5. The molecule has 1 N–H and O–H groups in total. The lowest BCUT2D eigenvalue weighted by molar-refractivity contribution is 0.0216. The number of nitrogens with zero attached hydrogens (tertiary/aromatic N) is 1. The summed E-state index contributed by atoms with van der Waals surface area (Å²) in [4.78, 5) is 14.2. The number of amides is 1. The molecular formula is C15H28N2O2. The Morgan fingerprint density at radius 1 is 1.32 bits per heavy atom. The predicted molar refractivity (Wildman–Crippen MR) is 76.1 cm³/mol. The van der Waals surface area contributed by atoms with Gasteiger partial charge in [0.2, 0.25) is 0 Å². The molecule has 1 aliphatic carbocycles. The Morgan fingerprint density at radius 2 is 2.11 bits per heavy atom. The second kappa shape index (κ2) is 6.60. The topological polar surface area (TPSA) is 41.6 Å². The molecule has 0 aromatic rings. The Bertz CT molecular complexity index is 309. The van der Waals surface area contributed by atoms with Gasteiger partial charge >= 0.3 is 6.09 Å². The highest BCUT2D eigenvalue weighted by molar-refractivity contribution is 5.67. The van der Waals surface area contributed by atoms with Gasteiger partial charge in [0.25, 0.3) is 0 Å². The van der Waals surface area contributed by atoms with Gasteiger partial charge in [0.1, 0.15) is 0 Å². The molecule has 0 aromatic heterocycles. The van der Waals surface area contributed by atoms with Crippen LogP contribution in [0.2, 0.25) is 0 Å². The zero-order valence-corrected chi connectivity index (χ0v) is 12.5. The van der Waals surface area contributed by atoms with E-state index >= 15 is 0 Å². The fourth-order valence-electron chi connectivity index (χ4n) is 3.44. The summed E-state index contributed by atoms with van der Waals surface area (Å²) in [6.07, 6.45) is 4.70. The first-order valence-electron chi connectivity index (χ1n) is 7.81. The first kappa shape index (κ1) is 14.6. The highest BCUT2D eigenvalue weighted by Gasteiger charge is 2.37. The fourth-order valence-corrected chi connectivity index (χ4v) is 3.44. The van der Waals surface area contributed by atoms with Gasteiger partial charge in [-0.3, -0.25) is 4.90 Å². The Morgan fingerprint density at radius 3 is 2.63 bits per heavy atom. The molecule has 0 radical (unpaired) electrons. The van der Waals surface area contributed by atoms with Crippen LogP contribution in [0.25, 0.3) is 0 Å². The smallest absolute Gasteiger partial charge is 0.407 e. The molecule has 1 saturated carbocycles. The molecule has 2 aliphatic rings. The Kier molecular flexibility index (Phi) is 5.08. The number of nitrogens with one attached hydrogen (secondary N) is 1. The lowest BCUT2D eigenvalue weighted by atomic mass is 9.78. The minimum absolute atomic E-state index is 0.255. The van der Waals surface area contributed by atoms with E-state index in [1.807, 2.05) is 6.92 Å². The van der Waals surface area contributed by atoms with E-state index in [1.54, 1.807) is 0 Å². The van der Waals surface area contributed by atoms with Crippen LogP contribution >= 0.6 is 0 Å². The van der Waals surface area contributed by atoms with Crippen molar-refractivity contribution in [2.75, 3.05) is 19.7 Å². The van der Waals surface area contributed by atoms with Gasteiger partial charge in [0.05, 0.1) is 6.61 Å². The van der Waals surface area contributed by atoms with E-state index in [-0.39, 0.29) is 12.1 Å². The number of alkyl carbamates (subject to hydrolysis) is 1. The molecular weight excluding hydrogens is 240 g/mol. The van der Waals surface area contributed by atoms with E-state index in [9.17, 15) is 4.79 Å². The standard InChI is InChI=1S/C15H28N2O2/c1-4-12-8-13(16-15(18)19-5-2)10-17(9-12)14-7-6-11(14)3/h11-14H,4-10H2,1-3H3,(H,16,18). The van der Waals surface area contributed by atoms with Crippen LogP contribution in [0.3, 0.4) is 0 Å². The van der Waals surface area contributed by atoms with Gasteiger partial charge in [0.15, 0.2) is 0 Å². The average Bonchev–Trinajstić information content (AvgIpc) is 2.36. The Balaban J connectivity index is 1.90. The van der Waals surface area contributed by atoms with E-state index in [0.717, 1.165) is 24.9 Å². The van der Waals surface area contributed by atoms with Gasteiger partial charge in [-0.05, 0) is 38.0 Å². The van der Waals surface area contributed by atoms with Crippen molar-refractivity contribution in [1.82, 2.24) is 10.2 Å². The maximum Gasteiger partial charge on any atom is 0.407 e. The fraction of sp³-hybridized carbons (Fsp3) is 0.933. The largest absolute Gasteiger partial charge is 0.450 e. The molecule has 0 bridgehead atoms. The quantitative estimate of drug-likeness (QED) is 0.852. The van der Waals surface area contributed by atoms with Gasteiger partial charge in [0, 0.05) is 25.2 Å². The summed E-state index contributed by atoms with van der Waals surface area (Å²) < 4.78 is 5.00. The number of likely N-dealkylation sites (tertiary alicyclic amines) is 1. The summed E-state index contributed by atoms with van der Waals surface area (Å²) in [5, 5.41) is 3.03. The van der Waals surface area contributed by atoms with Crippen molar-refractivity contribution in [1.29, 1.82) is 0 Å². The van der Waals surface area contributed by atoms with Crippen LogP contribution < -0.4 is 5.32 Å². The first-order valence-corrected chi connectivity index (χ1v) is 7.81. The van der Waals surface area contributed by atoms with Crippen molar-refractivity contribution in [3.8, 4) is 0 Å². The van der Waals surface area contributed by atoms with E-state index in [0.29, 0.717) is 12.5 Å². The van der Waals surface area contributed by atoms with Gasteiger partial charge in [-0.15, -0.1) is 0 Å². The van der Waals surface area contributed by atoms with Crippen LogP contribution in [0.1, 0.15) is 46.5 Å². The molecule has 1 heterocycles. The minimum atomic E-state index is -0.258. The lowest BCUT2D eigenvalue weighted by Gasteiger charge is -2.48. The minimum Gasteiger partial charge on any atom is -0.450 e. The van der Waals surface area contributed by atoms with Crippen molar-refractivity contribution in [2.24, 2.45) is 11.8 Å². The van der Waals surface area contributed by atoms with Crippen molar-refractivity contribution in [2.45, 2.75) is 58.5 Å². The number of piperidine rings is 1. The number of hydrogen-bond donors (Lipinski definition) is 1. The average molecular weight is 268 g/mol. The van der Waals surface area contributed by atoms with Crippen molar-refractivity contribution >= 4 is 6.09 Å². The van der Waals surface area contributed by atoms with Gasteiger partial charge in [-0.2, -0.15) is 0 Å². The summed E-state index contributed by atoms with van der Waals surface area (Å²) in [7, 11) is 0. The molecule has 1 amide bonds. The second-order valence-corrected chi connectivity index (χ2v) is 6.15. The third-order valence-corrected chi connectivity index (χ3v) is 4.78. The molecule has 4 unspecified atom stereocenters. The molecule has 1 aliphatic heterocycles. The molecule has 0 aromatic carbocycles. The van der Waals surface area contributed by atoms with E-state index < -0.39 is 0 Å². The maximum atomic E-state index is 11.6. The van der Waals surface area contributed by atoms with Gasteiger partial charge in [-0.1, -0.05) is 20.3 Å². The highest BCUT2D eigenvalue weighted by Crippen LogP contribution is 2.34. The number of carbonyl (C=O) groups is 1. The molecule has 2 fully saturated rings. The van der Waals surface area contributed by atoms with Crippen molar-refractivity contribution in [3.05, 3.63) is 0 Å². The van der Waals surface area contributed by atoms with Crippen LogP contribution in [0.5, 0.6) is 0 Å². The summed E-state index contributed by atoms with van der Waals surface area (Å²) in [5.74, 6) is 1.52. The van der Waals surface area contributed by atoms with Crippen molar-refractivity contribution < 1.29 is 9.53 Å². The molecule has 110 valence electrons. The summed E-state index contributed by atoms with van der Waals surface area (Å²) in [5.41, 5.74) is 0. The molecule has 4 nitrogen and oxygen atoms in total. The molecule has 19 heavy (non-hydrogen) atoms. The van der Waals surface area contributed by atoms with Gasteiger partial charge in [-0.25, -0.2) is 4.79 Å². The van der Waals surface area contributed by atoms with Crippen LogP contribution in [0, 0.1) is 11.8 Å². The number of hydrogen-bond acceptors (Lipinski definition) is 3. The zero-order valence-electron chi connectivity index (χ0n) is 12.5. The molecule has 4 heteroatoms. The number of ether oxygens (including phenoxy) is 1. The summed E-state index contributed by atoms with van der Waals surface area (Å²) in [6.45, 7) is 9.07. The maximum absolute atomic E-state index is 11.6. The van der Waals surface area contributed by atoms with Crippen LogP contribution in [-0.4, -0.2) is 42.8 Å². The van der Waals surface area contributed by atoms with E-state index in [1.165, 1.54) is 25.8 Å². The Hall–Kier alpha value is -0.770. The molecule has 1 saturated heterocycles. The third kappa shape index (κ3) is 3.62. The van der Waals surface area contributed by atoms with Crippen molar-refractivity contribution in [3.63, 3.8) is 0 Å². The molecule has 0 spiro atoms. The normalized spacial score (nSPS) is 35.5. The lowest BCUT2D eigenvalue weighted by Crippen LogP contribution is -2.57. The first-order chi connectivity index (χ1) is 9.13. The second-order valence-electron chi connectivity index (χ2n) is 6.15.